The van der Waals surface area contributed by atoms with E-state index < -0.39 is 0 Å². The summed E-state index contributed by atoms with van der Waals surface area (Å²) in [6, 6.07) is 7.58. The highest BCUT2D eigenvalue weighted by Gasteiger charge is 2.16. The number of pyridine rings is 1. The van der Waals surface area contributed by atoms with Crippen molar-refractivity contribution in [2.75, 3.05) is 26.2 Å². The zero-order valence-electron chi connectivity index (χ0n) is 9.40. The number of fused-ring (bicyclic) bond motifs is 1. The van der Waals surface area contributed by atoms with E-state index in [2.05, 4.69) is 9.88 Å². The van der Waals surface area contributed by atoms with Gasteiger partial charge in [0, 0.05) is 36.2 Å². The molecular weight excluding hydrogens is 236 g/mol. The summed E-state index contributed by atoms with van der Waals surface area (Å²) < 4.78 is 5.79. The Kier molecular flexibility index (Phi) is 2.87. The monoisotopic (exact) mass is 248 g/mol. The van der Waals surface area contributed by atoms with E-state index in [0.29, 0.717) is 5.02 Å². The fraction of sp³-hybridized carbons (Fsp3) is 0.308. The summed E-state index contributed by atoms with van der Waals surface area (Å²) in [5.74, 6) is 0.883. The average Bonchev–Trinajstić information content (AvgIpc) is 3.13. The Bertz CT molecular complexity index is 540. The molecule has 0 atom stereocenters. The zero-order chi connectivity index (χ0) is 11.7. The third-order valence-corrected chi connectivity index (χ3v) is 3.10. The molecule has 1 saturated heterocycles. The highest BCUT2D eigenvalue weighted by atomic mass is 35.5. The quantitative estimate of drug-likeness (QED) is 0.778. The van der Waals surface area contributed by atoms with Gasteiger partial charge in [-0.1, -0.05) is 11.6 Å². The first kappa shape index (κ1) is 10.8. The van der Waals surface area contributed by atoms with Crippen molar-refractivity contribution in [2.45, 2.75) is 0 Å². The first-order valence-corrected chi connectivity index (χ1v) is 6.10. The van der Waals surface area contributed by atoms with Crippen molar-refractivity contribution >= 4 is 22.5 Å². The minimum absolute atomic E-state index is 0.700. The van der Waals surface area contributed by atoms with Crippen molar-refractivity contribution in [3.8, 4) is 5.75 Å². The standard InChI is InChI=1S/C13H13ClN2O/c14-10-1-2-11-12(9-10)15-4-3-13(11)17-8-7-16-5-6-16/h1-4,9H,5-8H2. The Labute approximate surface area is 105 Å². The van der Waals surface area contributed by atoms with Gasteiger partial charge < -0.3 is 4.74 Å². The minimum Gasteiger partial charge on any atom is -0.491 e. The molecule has 17 heavy (non-hydrogen) atoms. The molecule has 2 aromatic rings. The van der Waals surface area contributed by atoms with E-state index in [1.165, 1.54) is 13.1 Å². The van der Waals surface area contributed by atoms with Crippen LogP contribution in [0.25, 0.3) is 10.9 Å². The second-order valence-electron chi connectivity index (χ2n) is 4.16. The first-order chi connectivity index (χ1) is 8.33. The Balaban J connectivity index is 1.81. The summed E-state index contributed by atoms with van der Waals surface area (Å²) in [4.78, 5) is 6.62. The van der Waals surface area contributed by atoms with Crippen molar-refractivity contribution in [1.82, 2.24) is 9.88 Å². The lowest BCUT2D eigenvalue weighted by molar-refractivity contribution is 0.295. The van der Waals surface area contributed by atoms with Crippen molar-refractivity contribution in [3.63, 3.8) is 0 Å². The van der Waals surface area contributed by atoms with Gasteiger partial charge in [0.25, 0.3) is 0 Å². The predicted molar refractivity (Wildman–Crippen MR) is 68.7 cm³/mol. The van der Waals surface area contributed by atoms with Crippen molar-refractivity contribution in [2.24, 2.45) is 0 Å². The van der Waals surface area contributed by atoms with E-state index in [0.717, 1.165) is 29.8 Å². The molecule has 0 aliphatic carbocycles. The minimum atomic E-state index is 0.700. The van der Waals surface area contributed by atoms with Gasteiger partial charge in [0.05, 0.1) is 5.52 Å². The molecule has 0 amide bonds. The molecule has 0 radical (unpaired) electrons. The van der Waals surface area contributed by atoms with Gasteiger partial charge in [-0.3, -0.25) is 9.88 Å². The lowest BCUT2D eigenvalue weighted by atomic mass is 10.2. The summed E-state index contributed by atoms with van der Waals surface area (Å²) >= 11 is 5.94. The van der Waals surface area contributed by atoms with Crippen LogP contribution in [0.3, 0.4) is 0 Å². The van der Waals surface area contributed by atoms with Gasteiger partial charge in [0.15, 0.2) is 0 Å². The van der Waals surface area contributed by atoms with Gasteiger partial charge in [0.1, 0.15) is 12.4 Å². The molecule has 3 rings (SSSR count). The Morgan fingerprint density at radius 3 is 3.00 bits per heavy atom. The first-order valence-electron chi connectivity index (χ1n) is 5.72. The fourth-order valence-corrected chi connectivity index (χ4v) is 1.97. The van der Waals surface area contributed by atoms with Crippen LogP contribution in [-0.2, 0) is 0 Å². The van der Waals surface area contributed by atoms with Crippen LogP contribution in [0.4, 0.5) is 0 Å². The smallest absolute Gasteiger partial charge is 0.130 e. The average molecular weight is 249 g/mol. The zero-order valence-corrected chi connectivity index (χ0v) is 10.2. The number of hydrogen-bond acceptors (Lipinski definition) is 3. The number of nitrogens with zero attached hydrogens (tertiary/aromatic N) is 2. The molecule has 2 heterocycles. The van der Waals surface area contributed by atoms with Crippen LogP contribution in [0.2, 0.25) is 5.02 Å². The molecule has 88 valence electrons. The SMILES string of the molecule is Clc1ccc2c(OCCN3CC3)ccnc2c1. The van der Waals surface area contributed by atoms with Crippen molar-refractivity contribution in [3.05, 3.63) is 35.5 Å². The highest BCUT2D eigenvalue weighted by Crippen LogP contribution is 2.26. The van der Waals surface area contributed by atoms with Gasteiger partial charge in [0.2, 0.25) is 0 Å². The molecule has 0 spiro atoms. The summed E-state index contributed by atoms with van der Waals surface area (Å²) in [5, 5.41) is 1.72. The van der Waals surface area contributed by atoms with Gasteiger partial charge in [-0.05, 0) is 24.3 Å². The van der Waals surface area contributed by atoms with Crippen LogP contribution in [-0.4, -0.2) is 36.1 Å². The van der Waals surface area contributed by atoms with Crippen LogP contribution >= 0.6 is 11.6 Å². The van der Waals surface area contributed by atoms with Gasteiger partial charge in [-0.15, -0.1) is 0 Å². The van der Waals surface area contributed by atoms with Crippen LogP contribution in [0.1, 0.15) is 0 Å². The van der Waals surface area contributed by atoms with Crippen molar-refractivity contribution in [1.29, 1.82) is 0 Å². The lowest BCUT2D eigenvalue weighted by Gasteiger charge is -2.09. The van der Waals surface area contributed by atoms with Crippen molar-refractivity contribution < 1.29 is 4.74 Å². The van der Waals surface area contributed by atoms with E-state index in [1.54, 1.807) is 6.20 Å². The van der Waals surface area contributed by atoms with E-state index >= 15 is 0 Å². The molecular formula is C13H13ClN2O. The number of ether oxygens (including phenoxy) is 1. The molecule has 0 unspecified atom stereocenters. The van der Waals surface area contributed by atoms with E-state index in [4.69, 9.17) is 16.3 Å². The molecule has 1 fully saturated rings. The molecule has 4 heteroatoms. The maximum atomic E-state index is 5.94. The second-order valence-corrected chi connectivity index (χ2v) is 4.60. The van der Waals surface area contributed by atoms with Gasteiger partial charge in [-0.25, -0.2) is 0 Å². The van der Waals surface area contributed by atoms with E-state index in [-0.39, 0.29) is 0 Å². The highest BCUT2D eigenvalue weighted by molar-refractivity contribution is 6.31. The molecule has 0 N–H and O–H groups in total. The molecule has 1 aliphatic rings. The summed E-state index contributed by atoms with van der Waals surface area (Å²) in [5.41, 5.74) is 0.877. The summed E-state index contributed by atoms with van der Waals surface area (Å²) in [6.45, 7) is 4.13. The Morgan fingerprint density at radius 1 is 1.29 bits per heavy atom. The molecule has 1 aromatic heterocycles. The topological polar surface area (TPSA) is 25.1 Å². The van der Waals surface area contributed by atoms with Crippen LogP contribution < -0.4 is 4.74 Å². The number of aromatic nitrogens is 1. The number of rotatable bonds is 4. The van der Waals surface area contributed by atoms with Gasteiger partial charge in [-0.2, -0.15) is 0 Å². The number of hydrogen-bond donors (Lipinski definition) is 0. The molecule has 3 nitrogen and oxygen atoms in total. The number of halogens is 1. The van der Waals surface area contributed by atoms with Crippen LogP contribution in [0, 0.1) is 0 Å². The lowest BCUT2D eigenvalue weighted by Crippen LogP contribution is -2.10. The normalized spacial score (nSPS) is 15.1. The summed E-state index contributed by atoms with van der Waals surface area (Å²) in [6.07, 6.45) is 1.76. The molecule has 1 aliphatic heterocycles. The van der Waals surface area contributed by atoms with Gasteiger partial charge >= 0.3 is 0 Å². The largest absolute Gasteiger partial charge is 0.491 e. The maximum Gasteiger partial charge on any atom is 0.130 e. The van der Waals surface area contributed by atoms with Crippen LogP contribution in [0.15, 0.2) is 30.5 Å². The Morgan fingerprint density at radius 2 is 2.18 bits per heavy atom. The van der Waals surface area contributed by atoms with E-state index in [9.17, 15) is 0 Å². The summed E-state index contributed by atoms with van der Waals surface area (Å²) in [7, 11) is 0. The number of benzene rings is 1. The maximum absolute atomic E-state index is 5.94. The third kappa shape index (κ3) is 2.51. The Hall–Kier alpha value is -1.32. The third-order valence-electron chi connectivity index (χ3n) is 2.87. The molecule has 0 bridgehead atoms. The fourth-order valence-electron chi connectivity index (χ4n) is 1.80. The molecule has 1 aromatic carbocycles. The predicted octanol–water partition coefficient (Wildman–Crippen LogP) is 2.58. The second kappa shape index (κ2) is 4.51. The molecule has 0 saturated carbocycles. The van der Waals surface area contributed by atoms with Crippen LogP contribution in [0.5, 0.6) is 5.75 Å². The van der Waals surface area contributed by atoms with E-state index in [1.807, 2.05) is 24.3 Å².